The first kappa shape index (κ1) is 16.5. The van der Waals surface area contributed by atoms with Gasteiger partial charge in [-0.2, -0.15) is 5.10 Å². The van der Waals surface area contributed by atoms with Crippen molar-refractivity contribution in [1.82, 2.24) is 19.7 Å². The number of carbonyl (C=O) groups is 1. The Morgan fingerprint density at radius 3 is 2.69 bits per heavy atom. The van der Waals surface area contributed by atoms with Gasteiger partial charge in [-0.25, -0.2) is 4.79 Å². The van der Waals surface area contributed by atoms with Crippen LogP contribution in [0.15, 0.2) is 59.5 Å². The molecule has 7 nitrogen and oxygen atoms in total. The maximum atomic E-state index is 12.1. The number of hydrogen-bond acceptors (Lipinski definition) is 5. The van der Waals surface area contributed by atoms with E-state index in [4.69, 9.17) is 4.42 Å². The molecule has 1 aliphatic heterocycles. The summed E-state index contributed by atoms with van der Waals surface area (Å²) in [6.07, 6.45) is 6.08. The second-order valence-corrected chi connectivity index (χ2v) is 6.56. The van der Waals surface area contributed by atoms with Gasteiger partial charge in [0.15, 0.2) is 11.3 Å². The molecule has 0 aromatic carbocycles. The molecule has 1 aliphatic rings. The van der Waals surface area contributed by atoms with E-state index in [1.54, 1.807) is 35.5 Å². The third-order valence-electron chi connectivity index (χ3n) is 4.99. The van der Waals surface area contributed by atoms with E-state index in [1.807, 2.05) is 24.3 Å². The highest BCUT2D eigenvalue weighted by atomic mass is 16.4. The van der Waals surface area contributed by atoms with Gasteiger partial charge in [0.25, 0.3) is 0 Å². The van der Waals surface area contributed by atoms with Gasteiger partial charge in [-0.15, -0.1) is 0 Å². The van der Waals surface area contributed by atoms with Crippen LogP contribution in [0.5, 0.6) is 0 Å². The monoisotopic (exact) mass is 352 g/mol. The van der Waals surface area contributed by atoms with Crippen LogP contribution in [0.25, 0.3) is 11.5 Å². The molecule has 134 valence electrons. The zero-order valence-electron chi connectivity index (χ0n) is 14.3. The molecular formula is C19H20N4O3. The summed E-state index contributed by atoms with van der Waals surface area (Å²) >= 11 is 0. The SMILES string of the molecule is O=C(O)C1(n2ccc(-c3ccco3)n2)CCN(Cc2ccccn2)CC1. The molecule has 3 aromatic rings. The molecular weight excluding hydrogens is 332 g/mol. The molecule has 1 fully saturated rings. The van der Waals surface area contributed by atoms with Gasteiger partial charge in [0.05, 0.1) is 12.0 Å². The van der Waals surface area contributed by atoms with Crippen molar-refractivity contribution in [2.24, 2.45) is 0 Å². The Bertz CT molecular complexity index is 865. The van der Waals surface area contributed by atoms with Crippen LogP contribution in [-0.2, 0) is 16.9 Å². The number of rotatable bonds is 5. The topological polar surface area (TPSA) is 84.4 Å². The third kappa shape index (κ3) is 3.01. The predicted molar refractivity (Wildman–Crippen MR) is 94.3 cm³/mol. The summed E-state index contributed by atoms with van der Waals surface area (Å²) in [5.41, 5.74) is 0.618. The number of aliphatic carboxylic acids is 1. The highest BCUT2D eigenvalue weighted by molar-refractivity contribution is 5.77. The molecule has 4 rings (SSSR count). The number of pyridine rings is 1. The largest absolute Gasteiger partial charge is 0.479 e. The van der Waals surface area contributed by atoms with Gasteiger partial charge < -0.3 is 9.52 Å². The van der Waals surface area contributed by atoms with Gasteiger partial charge in [0.1, 0.15) is 5.69 Å². The number of piperidine rings is 1. The number of furan rings is 1. The molecule has 0 unspecified atom stereocenters. The van der Waals surface area contributed by atoms with Crippen molar-refractivity contribution >= 4 is 5.97 Å². The maximum Gasteiger partial charge on any atom is 0.331 e. The second kappa shape index (κ2) is 6.76. The van der Waals surface area contributed by atoms with Crippen molar-refractivity contribution in [3.05, 3.63) is 60.7 Å². The van der Waals surface area contributed by atoms with E-state index in [0.717, 1.165) is 12.2 Å². The van der Waals surface area contributed by atoms with E-state index in [2.05, 4.69) is 15.0 Å². The Hall–Kier alpha value is -2.93. The lowest BCUT2D eigenvalue weighted by atomic mass is 9.87. The summed E-state index contributed by atoms with van der Waals surface area (Å²) < 4.78 is 6.95. The summed E-state index contributed by atoms with van der Waals surface area (Å²) in [5.74, 6) is -0.207. The Kier molecular flexibility index (Phi) is 4.30. The summed E-state index contributed by atoms with van der Waals surface area (Å²) in [4.78, 5) is 18.7. The van der Waals surface area contributed by atoms with Gasteiger partial charge in [-0.05, 0) is 43.2 Å². The second-order valence-electron chi connectivity index (χ2n) is 6.56. The summed E-state index contributed by atoms with van der Waals surface area (Å²) in [5, 5.41) is 14.4. The number of carboxylic acids is 1. The standard InChI is InChI=1S/C19H20N4O3/c24-18(25)19(23-10-6-16(21-23)17-5-3-13-26-17)7-11-22(12-8-19)14-15-4-1-2-9-20-15/h1-6,9-10,13H,7-8,11-12,14H2,(H,24,25). The molecule has 1 N–H and O–H groups in total. The maximum absolute atomic E-state index is 12.1. The quantitative estimate of drug-likeness (QED) is 0.760. The van der Waals surface area contributed by atoms with Gasteiger partial charge in [-0.3, -0.25) is 14.6 Å². The first-order chi connectivity index (χ1) is 12.7. The third-order valence-corrected chi connectivity index (χ3v) is 4.99. The molecule has 1 saturated heterocycles. The molecule has 0 saturated carbocycles. The minimum Gasteiger partial charge on any atom is -0.479 e. The average molecular weight is 352 g/mol. The fourth-order valence-electron chi connectivity index (χ4n) is 3.46. The van der Waals surface area contributed by atoms with Crippen LogP contribution in [0.3, 0.4) is 0 Å². The molecule has 0 atom stereocenters. The van der Waals surface area contributed by atoms with E-state index in [-0.39, 0.29) is 0 Å². The predicted octanol–water partition coefficient (Wildman–Crippen LogP) is 2.61. The van der Waals surface area contributed by atoms with Crippen LogP contribution in [0.4, 0.5) is 0 Å². The Morgan fingerprint density at radius 1 is 1.19 bits per heavy atom. The van der Waals surface area contributed by atoms with Crippen LogP contribution in [-0.4, -0.2) is 43.8 Å². The van der Waals surface area contributed by atoms with Gasteiger partial charge >= 0.3 is 5.97 Å². The fourth-order valence-corrected chi connectivity index (χ4v) is 3.46. The molecule has 26 heavy (non-hydrogen) atoms. The number of likely N-dealkylation sites (tertiary alicyclic amines) is 1. The zero-order valence-corrected chi connectivity index (χ0v) is 14.3. The number of carboxylic acid groups (broad SMARTS) is 1. The van der Waals surface area contributed by atoms with E-state index in [9.17, 15) is 9.90 Å². The van der Waals surface area contributed by atoms with Gasteiger partial charge in [-0.1, -0.05) is 6.07 Å². The number of hydrogen-bond donors (Lipinski definition) is 1. The van der Waals surface area contributed by atoms with Crippen molar-refractivity contribution in [1.29, 1.82) is 0 Å². The lowest BCUT2D eigenvalue weighted by Crippen LogP contribution is -2.51. The van der Waals surface area contributed by atoms with Gasteiger partial charge in [0.2, 0.25) is 0 Å². The fraction of sp³-hybridized carbons (Fsp3) is 0.316. The first-order valence-electron chi connectivity index (χ1n) is 8.63. The Balaban J connectivity index is 1.51. The van der Waals surface area contributed by atoms with Crippen molar-refractivity contribution in [3.8, 4) is 11.5 Å². The first-order valence-corrected chi connectivity index (χ1v) is 8.63. The van der Waals surface area contributed by atoms with Crippen molar-refractivity contribution in [2.45, 2.75) is 24.9 Å². The summed E-state index contributed by atoms with van der Waals surface area (Å²) in [6.45, 7) is 2.09. The Morgan fingerprint density at radius 2 is 2.04 bits per heavy atom. The van der Waals surface area contributed by atoms with Crippen LogP contribution >= 0.6 is 0 Å². The van der Waals surface area contributed by atoms with Gasteiger partial charge in [0, 0.05) is 32.0 Å². The molecule has 4 heterocycles. The molecule has 0 radical (unpaired) electrons. The number of nitrogens with zero attached hydrogens (tertiary/aromatic N) is 4. The minimum absolute atomic E-state index is 0.494. The van der Waals surface area contributed by atoms with Crippen molar-refractivity contribution < 1.29 is 14.3 Å². The van der Waals surface area contributed by atoms with Crippen molar-refractivity contribution in [2.75, 3.05) is 13.1 Å². The highest BCUT2D eigenvalue weighted by Crippen LogP contribution is 2.32. The van der Waals surface area contributed by atoms with Crippen LogP contribution < -0.4 is 0 Å². The Labute approximate surface area is 150 Å². The molecule has 0 amide bonds. The summed E-state index contributed by atoms with van der Waals surface area (Å²) in [7, 11) is 0. The molecule has 0 bridgehead atoms. The molecule has 7 heteroatoms. The highest BCUT2D eigenvalue weighted by Gasteiger charge is 2.44. The van der Waals surface area contributed by atoms with E-state index >= 15 is 0 Å². The minimum atomic E-state index is -1.02. The van der Waals surface area contributed by atoms with Crippen molar-refractivity contribution in [3.63, 3.8) is 0 Å². The van der Waals surface area contributed by atoms with Crippen LogP contribution in [0, 0.1) is 0 Å². The van der Waals surface area contributed by atoms with E-state index in [0.29, 0.717) is 37.4 Å². The van der Waals surface area contributed by atoms with E-state index in [1.165, 1.54) is 0 Å². The number of aromatic nitrogens is 3. The lowest BCUT2D eigenvalue weighted by Gasteiger charge is -2.38. The average Bonchev–Trinajstić information content (AvgIpc) is 3.35. The van der Waals surface area contributed by atoms with Crippen LogP contribution in [0.1, 0.15) is 18.5 Å². The zero-order chi connectivity index (χ0) is 18.0. The lowest BCUT2D eigenvalue weighted by molar-refractivity contribution is -0.151. The normalized spacial score (nSPS) is 17.2. The molecule has 3 aromatic heterocycles. The van der Waals surface area contributed by atoms with Crippen LogP contribution in [0.2, 0.25) is 0 Å². The van der Waals surface area contributed by atoms with E-state index < -0.39 is 11.5 Å². The summed E-state index contributed by atoms with van der Waals surface area (Å²) in [6, 6.07) is 11.2. The smallest absolute Gasteiger partial charge is 0.331 e. The molecule has 0 spiro atoms. The molecule has 0 aliphatic carbocycles.